The molecule has 0 heterocycles. The van der Waals surface area contributed by atoms with Gasteiger partial charge in [-0.25, -0.2) is 0 Å². The molecule has 0 aliphatic carbocycles. The molecule has 1 N–H and O–H groups in total. The predicted octanol–water partition coefficient (Wildman–Crippen LogP) is 5.19. The average molecular weight is 352 g/mol. The van der Waals surface area contributed by atoms with Crippen molar-refractivity contribution in [1.29, 1.82) is 5.26 Å². The Morgan fingerprint density at radius 1 is 1.05 bits per heavy atom. The Bertz CT molecular complexity index is 777. The van der Waals surface area contributed by atoms with E-state index in [9.17, 15) is 4.79 Å². The molecule has 0 bridgehead atoms. The minimum absolute atomic E-state index is 0.0478. The Kier molecular flexibility index (Phi) is 5.46. The van der Waals surface area contributed by atoms with Crippen molar-refractivity contribution in [2.45, 2.75) is 0 Å². The highest BCUT2D eigenvalue weighted by Gasteiger charge is 2.10. The molecule has 0 saturated carbocycles. The van der Waals surface area contributed by atoms with E-state index in [4.69, 9.17) is 40.1 Å². The SMILES string of the molecule is N#C/C(=C/c1ccc(Cl)c(Cl)c1)C(=O)Nc1ccc(Cl)cc1. The van der Waals surface area contributed by atoms with Crippen molar-refractivity contribution in [3.05, 3.63) is 68.7 Å². The lowest BCUT2D eigenvalue weighted by Gasteiger charge is -2.04. The van der Waals surface area contributed by atoms with Gasteiger partial charge in [-0.05, 0) is 48.0 Å². The summed E-state index contributed by atoms with van der Waals surface area (Å²) in [5.74, 6) is -0.518. The number of hydrogen-bond donors (Lipinski definition) is 1. The van der Waals surface area contributed by atoms with Crippen molar-refractivity contribution >= 4 is 52.5 Å². The molecule has 3 nitrogen and oxygen atoms in total. The topological polar surface area (TPSA) is 52.9 Å². The van der Waals surface area contributed by atoms with Crippen molar-refractivity contribution < 1.29 is 4.79 Å². The molecule has 0 aromatic heterocycles. The van der Waals surface area contributed by atoms with Crippen molar-refractivity contribution in [3.8, 4) is 6.07 Å². The first kappa shape index (κ1) is 16.4. The van der Waals surface area contributed by atoms with Crippen LogP contribution in [0.1, 0.15) is 5.56 Å². The van der Waals surface area contributed by atoms with Gasteiger partial charge in [-0.2, -0.15) is 5.26 Å². The number of carbonyl (C=O) groups is 1. The minimum Gasteiger partial charge on any atom is -0.321 e. The second kappa shape index (κ2) is 7.33. The zero-order valence-corrected chi connectivity index (χ0v) is 13.4. The third-order valence-corrected chi connectivity index (χ3v) is 3.71. The van der Waals surface area contributed by atoms with E-state index in [2.05, 4.69) is 5.32 Å². The summed E-state index contributed by atoms with van der Waals surface area (Å²) < 4.78 is 0. The number of benzene rings is 2. The molecule has 0 spiro atoms. The van der Waals surface area contributed by atoms with Crippen LogP contribution >= 0.6 is 34.8 Å². The fourth-order valence-electron chi connectivity index (χ4n) is 1.65. The van der Waals surface area contributed by atoms with Crippen molar-refractivity contribution in [3.63, 3.8) is 0 Å². The molecule has 6 heteroatoms. The summed E-state index contributed by atoms with van der Waals surface area (Å²) in [5.41, 5.74) is 1.11. The lowest BCUT2D eigenvalue weighted by atomic mass is 10.1. The highest BCUT2D eigenvalue weighted by molar-refractivity contribution is 6.42. The zero-order valence-electron chi connectivity index (χ0n) is 11.1. The summed E-state index contributed by atoms with van der Waals surface area (Å²) in [6.07, 6.45) is 1.44. The van der Waals surface area contributed by atoms with Crippen LogP contribution in [-0.4, -0.2) is 5.91 Å². The molecule has 1 amide bonds. The smallest absolute Gasteiger partial charge is 0.266 e. The molecule has 0 aliphatic rings. The maximum Gasteiger partial charge on any atom is 0.266 e. The molecule has 2 aromatic carbocycles. The van der Waals surface area contributed by atoms with E-state index < -0.39 is 5.91 Å². The molecule has 22 heavy (non-hydrogen) atoms. The third kappa shape index (κ3) is 4.25. The van der Waals surface area contributed by atoms with Crippen molar-refractivity contribution in [1.82, 2.24) is 0 Å². The lowest BCUT2D eigenvalue weighted by molar-refractivity contribution is -0.112. The van der Waals surface area contributed by atoms with Gasteiger partial charge in [0.1, 0.15) is 11.6 Å². The summed E-state index contributed by atoms with van der Waals surface area (Å²) in [5, 5.41) is 13.1. The maximum absolute atomic E-state index is 12.1. The third-order valence-electron chi connectivity index (χ3n) is 2.72. The monoisotopic (exact) mass is 350 g/mol. The minimum atomic E-state index is -0.518. The molecule has 0 aliphatic heterocycles. The first-order chi connectivity index (χ1) is 10.5. The summed E-state index contributed by atoms with van der Waals surface area (Å²) in [4.78, 5) is 12.1. The maximum atomic E-state index is 12.1. The van der Waals surface area contributed by atoms with Crippen LogP contribution in [0.3, 0.4) is 0 Å². The number of halogens is 3. The predicted molar refractivity (Wildman–Crippen MR) is 90.1 cm³/mol. The zero-order chi connectivity index (χ0) is 16.1. The number of nitrogens with one attached hydrogen (secondary N) is 1. The van der Waals surface area contributed by atoms with Crippen LogP contribution in [-0.2, 0) is 4.79 Å². The molecular weight excluding hydrogens is 343 g/mol. The highest BCUT2D eigenvalue weighted by Crippen LogP contribution is 2.24. The van der Waals surface area contributed by atoms with Crippen LogP contribution in [0.4, 0.5) is 5.69 Å². The molecule has 0 radical (unpaired) electrons. The summed E-state index contributed by atoms with van der Waals surface area (Å²) >= 11 is 17.5. The van der Waals surface area contributed by atoms with E-state index in [0.717, 1.165) is 0 Å². The number of rotatable bonds is 3. The summed E-state index contributed by atoms with van der Waals surface area (Å²) in [6.45, 7) is 0. The molecule has 0 saturated heterocycles. The molecular formula is C16H9Cl3N2O. The molecule has 0 unspecified atom stereocenters. The Morgan fingerprint density at radius 2 is 1.73 bits per heavy atom. The van der Waals surface area contributed by atoms with Gasteiger partial charge in [0.2, 0.25) is 0 Å². The van der Waals surface area contributed by atoms with Gasteiger partial charge in [-0.3, -0.25) is 4.79 Å². The number of anilines is 1. The van der Waals surface area contributed by atoms with Gasteiger partial charge in [0.15, 0.2) is 0 Å². The van der Waals surface area contributed by atoms with Crippen molar-refractivity contribution in [2.24, 2.45) is 0 Å². The van der Waals surface area contributed by atoms with Gasteiger partial charge < -0.3 is 5.32 Å². The fourth-order valence-corrected chi connectivity index (χ4v) is 2.08. The highest BCUT2D eigenvalue weighted by atomic mass is 35.5. The van der Waals surface area contributed by atoms with E-state index in [-0.39, 0.29) is 5.57 Å². The van der Waals surface area contributed by atoms with Gasteiger partial charge >= 0.3 is 0 Å². The fraction of sp³-hybridized carbons (Fsp3) is 0. The first-order valence-corrected chi connectivity index (χ1v) is 7.27. The van der Waals surface area contributed by atoms with E-state index in [1.54, 1.807) is 42.5 Å². The van der Waals surface area contributed by atoms with Crippen LogP contribution in [0.2, 0.25) is 15.1 Å². The number of nitrogens with zero attached hydrogens (tertiary/aromatic N) is 1. The largest absolute Gasteiger partial charge is 0.321 e. The van der Waals surface area contributed by atoms with Crippen LogP contribution in [0.25, 0.3) is 6.08 Å². The van der Waals surface area contributed by atoms with Crippen LogP contribution in [0.5, 0.6) is 0 Å². The van der Waals surface area contributed by atoms with Gasteiger partial charge in [-0.1, -0.05) is 40.9 Å². The second-order valence-electron chi connectivity index (χ2n) is 4.30. The molecule has 2 rings (SSSR count). The normalized spacial score (nSPS) is 10.9. The van der Waals surface area contributed by atoms with Gasteiger partial charge in [0.05, 0.1) is 10.0 Å². The van der Waals surface area contributed by atoms with E-state index in [1.807, 2.05) is 6.07 Å². The van der Waals surface area contributed by atoms with Crippen molar-refractivity contribution in [2.75, 3.05) is 5.32 Å². The van der Waals surface area contributed by atoms with Gasteiger partial charge in [0.25, 0.3) is 5.91 Å². The molecule has 0 fully saturated rings. The Morgan fingerprint density at radius 3 is 2.32 bits per heavy atom. The lowest BCUT2D eigenvalue weighted by Crippen LogP contribution is -2.13. The van der Waals surface area contributed by atoms with E-state index >= 15 is 0 Å². The summed E-state index contributed by atoms with van der Waals surface area (Å²) in [6, 6.07) is 13.3. The second-order valence-corrected chi connectivity index (χ2v) is 5.56. The number of nitriles is 1. The Hall–Kier alpha value is -1.99. The quantitative estimate of drug-likeness (QED) is 0.611. The average Bonchev–Trinajstić information content (AvgIpc) is 2.50. The van der Waals surface area contributed by atoms with Crippen LogP contribution < -0.4 is 5.32 Å². The number of hydrogen-bond acceptors (Lipinski definition) is 2. The van der Waals surface area contributed by atoms with E-state index in [0.29, 0.717) is 26.3 Å². The molecule has 2 aromatic rings. The van der Waals surface area contributed by atoms with Crippen LogP contribution in [0, 0.1) is 11.3 Å². The number of amides is 1. The Balaban J connectivity index is 2.21. The first-order valence-electron chi connectivity index (χ1n) is 6.13. The van der Waals surface area contributed by atoms with Gasteiger partial charge in [0, 0.05) is 10.7 Å². The van der Waals surface area contributed by atoms with Crippen LogP contribution in [0.15, 0.2) is 48.0 Å². The molecule has 0 atom stereocenters. The standard InChI is InChI=1S/C16H9Cl3N2O/c17-12-2-4-13(5-3-12)21-16(22)11(9-20)7-10-1-6-14(18)15(19)8-10/h1-8H,(H,21,22)/b11-7-. The van der Waals surface area contributed by atoms with Gasteiger partial charge in [-0.15, -0.1) is 0 Å². The number of carbonyl (C=O) groups excluding carboxylic acids is 1. The van der Waals surface area contributed by atoms with E-state index in [1.165, 1.54) is 6.08 Å². The Labute approximate surface area is 142 Å². The molecule has 110 valence electrons. The summed E-state index contributed by atoms with van der Waals surface area (Å²) in [7, 11) is 0.